The first kappa shape index (κ1) is 14.4. The Labute approximate surface area is 124 Å². The third-order valence-electron chi connectivity index (χ3n) is 3.73. The molecule has 1 fully saturated rings. The molecule has 0 radical (unpaired) electrons. The monoisotopic (exact) mass is 305 g/mol. The van der Waals surface area contributed by atoms with Crippen molar-refractivity contribution < 1.29 is 18.4 Å². The number of carbonyl (C=O) groups excluding carboxylic acids is 2. The number of amides is 2. The first-order chi connectivity index (χ1) is 10.5. The van der Waals surface area contributed by atoms with Crippen LogP contribution in [0.4, 0.5) is 8.78 Å². The summed E-state index contributed by atoms with van der Waals surface area (Å²) in [5.41, 5.74) is 5.91. The summed E-state index contributed by atoms with van der Waals surface area (Å²) in [4.78, 5) is 29.0. The van der Waals surface area contributed by atoms with Crippen LogP contribution in [-0.2, 0) is 4.79 Å². The molecule has 2 N–H and O–H groups in total. The van der Waals surface area contributed by atoms with Gasteiger partial charge in [-0.2, -0.15) is 0 Å². The minimum Gasteiger partial charge on any atom is -0.368 e. The molecule has 2 aromatic rings. The first-order valence-electron chi connectivity index (χ1n) is 6.75. The van der Waals surface area contributed by atoms with E-state index in [9.17, 15) is 18.4 Å². The molecule has 1 aromatic heterocycles. The number of nitrogens with two attached hydrogens (primary N) is 1. The lowest BCUT2D eigenvalue weighted by Crippen LogP contribution is -2.43. The molecule has 2 amide bonds. The average molecular weight is 305 g/mol. The number of carbonyl (C=O) groups is 2. The van der Waals surface area contributed by atoms with Crippen molar-refractivity contribution in [2.45, 2.75) is 18.6 Å². The van der Waals surface area contributed by atoms with Crippen LogP contribution in [0.3, 0.4) is 0 Å². The molecule has 0 saturated carbocycles. The number of likely N-dealkylation sites (tertiary alicyclic amines) is 1. The van der Waals surface area contributed by atoms with E-state index in [1.54, 1.807) is 0 Å². The SMILES string of the molecule is NC(=O)[C@@H]1C[C@@H](F)CN1C(=O)c1cnc2ccc(F)cc2c1. The van der Waals surface area contributed by atoms with Gasteiger partial charge < -0.3 is 10.6 Å². The summed E-state index contributed by atoms with van der Waals surface area (Å²) >= 11 is 0. The van der Waals surface area contributed by atoms with E-state index in [-0.39, 0.29) is 18.5 Å². The van der Waals surface area contributed by atoms with Crippen LogP contribution in [0.15, 0.2) is 30.5 Å². The second-order valence-electron chi connectivity index (χ2n) is 5.27. The summed E-state index contributed by atoms with van der Waals surface area (Å²) in [5, 5.41) is 0.456. The molecule has 22 heavy (non-hydrogen) atoms. The van der Waals surface area contributed by atoms with Gasteiger partial charge in [-0.15, -0.1) is 0 Å². The average Bonchev–Trinajstić information content (AvgIpc) is 2.88. The number of primary amides is 1. The van der Waals surface area contributed by atoms with Gasteiger partial charge in [0.25, 0.3) is 5.91 Å². The van der Waals surface area contributed by atoms with Gasteiger partial charge in [0, 0.05) is 18.0 Å². The first-order valence-corrected chi connectivity index (χ1v) is 6.75. The van der Waals surface area contributed by atoms with Crippen molar-refractivity contribution >= 4 is 22.7 Å². The summed E-state index contributed by atoms with van der Waals surface area (Å²) in [5.74, 6) is -1.73. The predicted octanol–water partition coefficient (Wildman–Crippen LogP) is 1.41. The molecule has 1 aromatic carbocycles. The van der Waals surface area contributed by atoms with Crippen molar-refractivity contribution in [3.63, 3.8) is 0 Å². The van der Waals surface area contributed by atoms with Crippen LogP contribution in [0.1, 0.15) is 16.8 Å². The summed E-state index contributed by atoms with van der Waals surface area (Å²) in [6.45, 7) is -0.187. The maximum Gasteiger partial charge on any atom is 0.256 e. The van der Waals surface area contributed by atoms with Crippen LogP contribution in [0.5, 0.6) is 0 Å². The van der Waals surface area contributed by atoms with Gasteiger partial charge in [0.15, 0.2) is 0 Å². The van der Waals surface area contributed by atoms with Crippen LogP contribution in [0.25, 0.3) is 10.9 Å². The number of halogens is 2. The minimum atomic E-state index is -1.28. The van der Waals surface area contributed by atoms with E-state index in [4.69, 9.17) is 5.73 Å². The third kappa shape index (κ3) is 2.49. The van der Waals surface area contributed by atoms with Gasteiger partial charge in [-0.25, -0.2) is 8.78 Å². The quantitative estimate of drug-likeness (QED) is 0.911. The summed E-state index contributed by atoms with van der Waals surface area (Å²) in [6.07, 6.45) is -0.0598. The van der Waals surface area contributed by atoms with Crippen molar-refractivity contribution in [3.05, 3.63) is 41.8 Å². The zero-order chi connectivity index (χ0) is 15.9. The fourth-order valence-corrected chi connectivity index (χ4v) is 2.66. The lowest BCUT2D eigenvalue weighted by Gasteiger charge is -2.21. The van der Waals surface area contributed by atoms with Gasteiger partial charge in [-0.05, 0) is 24.3 Å². The zero-order valence-electron chi connectivity index (χ0n) is 11.5. The highest BCUT2D eigenvalue weighted by Gasteiger charge is 2.39. The Kier molecular flexibility index (Phi) is 3.48. The Hall–Kier alpha value is -2.57. The fraction of sp³-hybridized carbons (Fsp3) is 0.267. The van der Waals surface area contributed by atoms with E-state index in [0.29, 0.717) is 10.9 Å². The number of aromatic nitrogens is 1. The molecule has 1 aliphatic rings. The molecular weight excluding hydrogens is 292 g/mol. The molecular formula is C15H13F2N3O2. The van der Waals surface area contributed by atoms with Crippen molar-refractivity contribution in [3.8, 4) is 0 Å². The highest BCUT2D eigenvalue weighted by atomic mass is 19.1. The van der Waals surface area contributed by atoms with Gasteiger partial charge in [0.05, 0.1) is 17.6 Å². The second kappa shape index (κ2) is 5.32. The molecule has 7 heteroatoms. The van der Waals surface area contributed by atoms with Gasteiger partial charge in [0.2, 0.25) is 5.91 Å². The van der Waals surface area contributed by atoms with Crippen LogP contribution in [0, 0.1) is 5.82 Å². The summed E-state index contributed by atoms with van der Waals surface area (Å²) in [6, 6.07) is 4.53. The number of benzene rings is 1. The standard InChI is InChI=1S/C15H13F2N3O2/c16-10-1-2-12-8(4-10)3-9(6-19-12)15(22)20-7-11(17)5-13(20)14(18)21/h1-4,6,11,13H,5,7H2,(H2,18,21)/t11-,13+/m1/s1. The fourth-order valence-electron chi connectivity index (χ4n) is 2.66. The summed E-state index contributed by atoms with van der Waals surface area (Å²) < 4.78 is 26.8. The number of rotatable bonds is 2. The Morgan fingerprint density at radius 3 is 2.82 bits per heavy atom. The normalized spacial score (nSPS) is 21.3. The van der Waals surface area contributed by atoms with Crippen molar-refractivity contribution in [1.29, 1.82) is 0 Å². The van der Waals surface area contributed by atoms with Gasteiger partial charge >= 0.3 is 0 Å². The van der Waals surface area contributed by atoms with Crippen molar-refractivity contribution in [2.75, 3.05) is 6.54 Å². The predicted molar refractivity (Wildman–Crippen MR) is 75.2 cm³/mol. The van der Waals surface area contributed by atoms with Crippen LogP contribution < -0.4 is 5.73 Å². The molecule has 0 aliphatic carbocycles. The Morgan fingerprint density at radius 2 is 2.09 bits per heavy atom. The molecule has 0 bridgehead atoms. The summed E-state index contributed by atoms with van der Waals surface area (Å²) in [7, 11) is 0. The molecule has 5 nitrogen and oxygen atoms in total. The van der Waals surface area contributed by atoms with Crippen LogP contribution >= 0.6 is 0 Å². The zero-order valence-corrected chi connectivity index (χ0v) is 11.5. The molecule has 3 rings (SSSR count). The molecule has 0 spiro atoms. The van der Waals surface area contributed by atoms with Gasteiger partial charge in [0.1, 0.15) is 18.0 Å². The number of fused-ring (bicyclic) bond motifs is 1. The number of hydrogen-bond acceptors (Lipinski definition) is 3. The van der Waals surface area contributed by atoms with Gasteiger partial charge in [-0.1, -0.05) is 0 Å². The lowest BCUT2D eigenvalue weighted by molar-refractivity contribution is -0.121. The lowest BCUT2D eigenvalue weighted by atomic mass is 10.1. The number of alkyl halides is 1. The van der Waals surface area contributed by atoms with Gasteiger partial charge in [-0.3, -0.25) is 14.6 Å². The molecule has 1 saturated heterocycles. The van der Waals surface area contributed by atoms with E-state index in [2.05, 4.69) is 4.98 Å². The highest BCUT2D eigenvalue weighted by molar-refractivity contribution is 5.99. The van der Waals surface area contributed by atoms with Crippen LogP contribution in [-0.4, -0.2) is 40.5 Å². The van der Waals surface area contributed by atoms with E-state index < -0.39 is 29.8 Å². The van der Waals surface area contributed by atoms with E-state index in [1.807, 2.05) is 0 Å². The topological polar surface area (TPSA) is 76.3 Å². The molecule has 2 atom stereocenters. The number of pyridine rings is 1. The maximum atomic E-state index is 13.5. The Morgan fingerprint density at radius 1 is 1.32 bits per heavy atom. The second-order valence-corrected chi connectivity index (χ2v) is 5.27. The van der Waals surface area contributed by atoms with E-state index in [1.165, 1.54) is 30.5 Å². The van der Waals surface area contributed by atoms with Crippen molar-refractivity contribution in [2.24, 2.45) is 5.73 Å². The molecule has 2 heterocycles. The smallest absolute Gasteiger partial charge is 0.256 e. The number of nitrogens with zero attached hydrogens (tertiary/aromatic N) is 2. The van der Waals surface area contributed by atoms with E-state index in [0.717, 1.165) is 4.90 Å². The van der Waals surface area contributed by atoms with Crippen molar-refractivity contribution in [1.82, 2.24) is 9.88 Å². The Balaban J connectivity index is 1.96. The van der Waals surface area contributed by atoms with Crippen LogP contribution in [0.2, 0.25) is 0 Å². The Bertz CT molecular complexity index is 766. The minimum absolute atomic E-state index is 0.100. The number of hydrogen-bond donors (Lipinski definition) is 1. The maximum absolute atomic E-state index is 13.5. The van der Waals surface area contributed by atoms with E-state index >= 15 is 0 Å². The highest BCUT2D eigenvalue weighted by Crippen LogP contribution is 2.23. The molecule has 0 unspecified atom stereocenters. The largest absolute Gasteiger partial charge is 0.368 e. The molecule has 114 valence electrons. The molecule has 1 aliphatic heterocycles. The third-order valence-corrected chi connectivity index (χ3v) is 3.73.